The number of likely N-dealkylation sites (tertiary alicyclic amines) is 1. The van der Waals surface area contributed by atoms with Crippen molar-refractivity contribution in [2.75, 3.05) is 19.3 Å². The molecule has 0 N–H and O–H groups in total. The molecule has 2 aromatic heterocycles. The summed E-state index contributed by atoms with van der Waals surface area (Å²) in [5, 5.41) is 15.0. The summed E-state index contributed by atoms with van der Waals surface area (Å²) >= 11 is 1.58. The van der Waals surface area contributed by atoms with Gasteiger partial charge >= 0.3 is 0 Å². The molecule has 0 radical (unpaired) electrons. The van der Waals surface area contributed by atoms with Crippen LogP contribution in [0.15, 0.2) is 69.0 Å². The third-order valence-electron chi connectivity index (χ3n) is 6.25. The van der Waals surface area contributed by atoms with Gasteiger partial charge in [0.05, 0.1) is 11.9 Å². The maximum absolute atomic E-state index is 13.1. The van der Waals surface area contributed by atoms with Crippen LogP contribution in [0.1, 0.15) is 31.2 Å². The number of aromatic nitrogens is 4. The first-order valence-corrected chi connectivity index (χ1v) is 12.4. The van der Waals surface area contributed by atoms with Crippen LogP contribution in [-0.4, -0.2) is 50.3 Å². The second-order valence-electron chi connectivity index (χ2n) is 8.48. The molecule has 0 aliphatic carbocycles. The van der Waals surface area contributed by atoms with Crippen molar-refractivity contribution in [3.8, 4) is 11.6 Å². The molecule has 1 saturated heterocycles. The maximum atomic E-state index is 13.1. The predicted octanol–water partition coefficient (Wildman–Crippen LogP) is 4.46. The van der Waals surface area contributed by atoms with Gasteiger partial charge in [-0.25, -0.2) is 4.68 Å². The van der Waals surface area contributed by atoms with E-state index >= 15 is 0 Å². The highest BCUT2D eigenvalue weighted by Crippen LogP contribution is 2.28. The van der Waals surface area contributed by atoms with Crippen molar-refractivity contribution < 1.29 is 4.42 Å². The monoisotopic (exact) mass is 461 g/mol. The third-order valence-corrected chi connectivity index (χ3v) is 7.10. The van der Waals surface area contributed by atoms with Gasteiger partial charge in [0.2, 0.25) is 0 Å². The lowest BCUT2D eigenvalue weighted by atomic mass is 10.0. The van der Waals surface area contributed by atoms with Gasteiger partial charge in [0.1, 0.15) is 0 Å². The van der Waals surface area contributed by atoms with Crippen molar-refractivity contribution >= 4 is 22.5 Å². The molecular formula is C25H27N5O2S. The Morgan fingerprint density at radius 1 is 1.03 bits per heavy atom. The lowest BCUT2D eigenvalue weighted by molar-refractivity contribution is 0.182. The Bertz CT molecular complexity index is 1290. The summed E-state index contributed by atoms with van der Waals surface area (Å²) in [5.41, 5.74) is 1.40. The Balaban J connectivity index is 1.39. The second kappa shape index (κ2) is 9.89. The minimum atomic E-state index is -0.135. The minimum Gasteiger partial charge on any atom is -0.410 e. The first-order valence-electron chi connectivity index (χ1n) is 11.4. The predicted molar refractivity (Wildman–Crippen MR) is 130 cm³/mol. The fourth-order valence-corrected chi connectivity index (χ4v) is 5.21. The van der Waals surface area contributed by atoms with Crippen molar-refractivity contribution in [3.05, 3.63) is 70.5 Å². The van der Waals surface area contributed by atoms with Gasteiger partial charge in [-0.2, -0.15) is 5.10 Å². The molecule has 3 heterocycles. The lowest BCUT2D eigenvalue weighted by Crippen LogP contribution is -2.36. The van der Waals surface area contributed by atoms with E-state index in [4.69, 9.17) is 4.42 Å². The van der Waals surface area contributed by atoms with Crippen molar-refractivity contribution in [1.82, 2.24) is 24.9 Å². The van der Waals surface area contributed by atoms with Crippen LogP contribution in [0, 0.1) is 0 Å². The van der Waals surface area contributed by atoms with Crippen molar-refractivity contribution in [2.45, 2.75) is 43.5 Å². The van der Waals surface area contributed by atoms with Gasteiger partial charge in [0.15, 0.2) is 5.69 Å². The minimum absolute atomic E-state index is 0.135. The summed E-state index contributed by atoms with van der Waals surface area (Å²) in [6.07, 6.45) is 4.95. The van der Waals surface area contributed by atoms with Gasteiger partial charge in [0, 0.05) is 17.2 Å². The van der Waals surface area contributed by atoms with E-state index in [0.717, 1.165) is 23.1 Å². The van der Waals surface area contributed by atoms with E-state index in [1.54, 1.807) is 11.8 Å². The Hall–Kier alpha value is -2.97. The summed E-state index contributed by atoms with van der Waals surface area (Å²) in [6, 6.07) is 17.9. The first-order chi connectivity index (χ1) is 16.2. The molecule has 1 fully saturated rings. The summed E-state index contributed by atoms with van der Waals surface area (Å²) < 4.78 is 7.46. The molecule has 33 heavy (non-hydrogen) atoms. The average molecular weight is 462 g/mol. The fourth-order valence-electron chi connectivity index (χ4n) is 4.41. The van der Waals surface area contributed by atoms with Crippen LogP contribution in [0.2, 0.25) is 0 Å². The molecule has 1 atom stereocenters. The molecule has 0 bridgehead atoms. The summed E-state index contributed by atoms with van der Waals surface area (Å²) in [4.78, 5) is 15.5. The van der Waals surface area contributed by atoms with Crippen LogP contribution < -0.4 is 5.56 Å². The van der Waals surface area contributed by atoms with E-state index in [2.05, 4.69) is 27.2 Å². The van der Waals surface area contributed by atoms with Gasteiger partial charge in [-0.3, -0.25) is 4.79 Å². The topological polar surface area (TPSA) is 77.1 Å². The molecule has 170 valence electrons. The van der Waals surface area contributed by atoms with E-state index in [1.807, 2.05) is 54.6 Å². The molecule has 2 aromatic carbocycles. The molecule has 1 unspecified atom stereocenters. The molecule has 7 nitrogen and oxygen atoms in total. The SMILES string of the molecule is CN1CCCCC1CCSc1nnc(-c2nn(Cc3ccccc3)c(=O)c3ccccc23)o1. The number of hydrogen-bond acceptors (Lipinski definition) is 7. The maximum Gasteiger partial charge on any atom is 0.276 e. The first kappa shape index (κ1) is 21.9. The molecule has 0 spiro atoms. The zero-order valence-electron chi connectivity index (χ0n) is 18.7. The highest BCUT2D eigenvalue weighted by Gasteiger charge is 2.20. The standard InChI is InChI=1S/C25H27N5O2S/c1-29-15-8-7-11-19(29)14-16-33-25-27-26-23(32-25)22-20-12-5-6-13-21(20)24(31)30(28-22)17-18-9-3-2-4-10-18/h2-6,9-10,12-13,19H,7-8,11,14-17H2,1H3. The van der Waals surface area contributed by atoms with Gasteiger partial charge in [-0.1, -0.05) is 66.7 Å². The van der Waals surface area contributed by atoms with Crippen LogP contribution in [-0.2, 0) is 6.54 Å². The largest absolute Gasteiger partial charge is 0.410 e. The third kappa shape index (κ3) is 4.86. The quantitative estimate of drug-likeness (QED) is 0.376. The van der Waals surface area contributed by atoms with Crippen LogP contribution in [0.4, 0.5) is 0 Å². The summed E-state index contributed by atoms with van der Waals surface area (Å²) in [7, 11) is 2.21. The Labute approximate surface area is 196 Å². The molecule has 8 heteroatoms. The highest BCUT2D eigenvalue weighted by atomic mass is 32.2. The van der Waals surface area contributed by atoms with Crippen LogP contribution in [0.5, 0.6) is 0 Å². The average Bonchev–Trinajstić information content (AvgIpc) is 3.31. The molecule has 1 aliphatic heterocycles. The van der Waals surface area contributed by atoms with E-state index in [-0.39, 0.29) is 5.56 Å². The normalized spacial score (nSPS) is 16.9. The van der Waals surface area contributed by atoms with Crippen molar-refractivity contribution in [2.24, 2.45) is 0 Å². The fraction of sp³-hybridized carbons (Fsp3) is 0.360. The smallest absolute Gasteiger partial charge is 0.276 e. The van der Waals surface area contributed by atoms with Gasteiger partial charge in [-0.05, 0) is 44.5 Å². The number of piperidine rings is 1. The zero-order chi connectivity index (χ0) is 22.6. The van der Waals surface area contributed by atoms with Gasteiger partial charge < -0.3 is 9.32 Å². The van der Waals surface area contributed by atoms with E-state index in [9.17, 15) is 4.79 Å². The highest BCUT2D eigenvalue weighted by molar-refractivity contribution is 7.99. The molecular weight excluding hydrogens is 434 g/mol. The molecule has 5 rings (SSSR count). The second-order valence-corrected chi connectivity index (χ2v) is 9.53. The molecule has 0 amide bonds. The number of rotatable bonds is 7. The Morgan fingerprint density at radius 2 is 1.82 bits per heavy atom. The van der Waals surface area contributed by atoms with Crippen molar-refractivity contribution in [3.63, 3.8) is 0 Å². The van der Waals surface area contributed by atoms with Crippen LogP contribution in [0.3, 0.4) is 0 Å². The molecule has 4 aromatic rings. The lowest BCUT2D eigenvalue weighted by Gasteiger charge is -2.32. The number of fused-ring (bicyclic) bond motifs is 1. The van der Waals surface area contributed by atoms with Gasteiger partial charge in [-0.15, -0.1) is 10.2 Å². The van der Waals surface area contributed by atoms with E-state index < -0.39 is 0 Å². The Morgan fingerprint density at radius 3 is 2.64 bits per heavy atom. The van der Waals surface area contributed by atoms with Gasteiger partial charge in [0.25, 0.3) is 16.7 Å². The van der Waals surface area contributed by atoms with Crippen LogP contribution >= 0.6 is 11.8 Å². The van der Waals surface area contributed by atoms with Crippen LogP contribution in [0.25, 0.3) is 22.4 Å². The number of nitrogens with zero attached hydrogens (tertiary/aromatic N) is 5. The Kier molecular flexibility index (Phi) is 6.55. The summed E-state index contributed by atoms with van der Waals surface area (Å²) in [6.45, 7) is 1.56. The number of hydrogen-bond donors (Lipinski definition) is 0. The summed E-state index contributed by atoms with van der Waals surface area (Å²) in [5.74, 6) is 1.27. The molecule has 1 aliphatic rings. The number of benzene rings is 2. The number of thioether (sulfide) groups is 1. The van der Waals surface area contributed by atoms with Crippen molar-refractivity contribution in [1.29, 1.82) is 0 Å². The van der Waals surface area contributed by atoms with E-state index in [0.29, 0.717) is 34.8 Å². The molecule has 0 saturated carbocycles. The zero-order valence-corrected chi connectivity index (χ0v) is 19.5. The van der Waals surface area contributed by atoms with E-state index in [1.165, 1.54) is 30.5 Å².